The van der Waals surface area contributed by atoms with Crippen molar-refractivity contribution in [3.63, 3.8) is 0 Å². The Morgan fingerprint density at radius 2 is 2.14 bits per heavy atom. The minimum Gasteiger partial charge on any atom is -0.497 e. The molecule has 2 saturated heterocycles. The molecule has 1 aromatic carbocycles. The minimum absolute atomic E-state index is 0.0510. The van der Waals surface area contributed by atoms with E-state index in [1.807, 2.05) is 36.1 Å². The smallest absolute Gasteiger partial charge is 0.233 e. The quantitative estimate of drug-likeness (QED) is 0.736. The summed E-state index contributed by atoms with van der Waals surface area (Å²) in [5.74, 6) is 1.39. The number of thioether (sulfide) groups is 1. The zero-order valence-electron chi connectivity index (χ0n) is 17.1. The van der Waals surface area contributed by atoms with Crippen LogP contribution in [0.5, 0.6) is 5.75 Å². The van der Waals surface area contributed by atoms with Crippen molar-refractivity contribution in [2.24, 2.45) is 5.41 Å². The fraction of sp³-hybridized carbons (Fsp3) is 0.619. The zero-order valence-corrected chi connectivity index (χ0v) is 17.9. The summed E-state index contributed by atoms with van der Waals surface area (Å²) < 4.78 is 5.26. The Labute approximate surface area is 172 Å². The number of likely N-dealkylation sites (N-methyl/N-ethyl adjacent to an activating group) is 1. The first-order valence-corrected chi connectivity index (χ1v) is 11.0. The van der Waals surface area contributed by atoms with Crippen LogP contribution in [-0.2, 0) is 9.59 Å². The summed E-state index contributed by atoms with van der Waals surface area (Å²) in [6, 6.07) is 7.72. The van der Waals surface area contributed by atoms with Crippen LogP contribution in [0.4, 0.5) is 0 Å². The monoisotopic (exact) mass is 405 g/mol. The molecule has 0 saturated carbocycles. The van der Waals surface area contributed by atoms with Gasteiger partial charge in [-0.05, 0) is 58.0 Å². The lowest BCUT2D eigenvalue weighted by Gasteiger charge is -2.53. The number of ether oxygens (including phenoxy) is 1. The first-order valence-electron chi connectivity index (χ1n) is 10.0. The van der Waals surface area contributed by atoms with E-state index >= 15 is 0 Å². The molecule has 28 heavy (non-hydrogen) atoms. The van der Waals surface area contributed by atoms with Gasteiger partial charge in [-0.25, -0.2) is 0 Å². The van der Waals surface area contributed by atoms with Crippen molar-refractivity contribution in [2.75, 3.05) is 46.1 Å². The van der Waals surface area contributed by atoms with Gasteiger partial charge in [-0.3, -0.25) is 9.59 Å². The molecule has 0 radical (unpaired) electrons. The number of piperidine rings is 2. The summed E-state index contributed by atoms with van der Waals surface area (Å²) in [5.41, 5.74) is -0.447. The maximum absolute atomic E-state index is 13.1. The van der Waals surface area contributed by atoms with Gasteiger partial charge < -0.3 is 19.9 Å². The van der Waals surface area contributed by atoms with Gasteiger partial charge in [0.1, 0.15) is 5.75 Å². The van der Waals surface area contributed by atoms with E-state index in [-0.39, 0.29) is 17.9 Å². The van der Waals surface area contributed by atoms with E-state index in [0.717, 1.165) is 49.5 Å². The van der Waals surface area contributed by atoms with Crippen molar-refractivity contribution < 1.29 is 14.3 Å². The lowest BCUT2D eigenvalue weighted by Crippen LogP contribution is -2.66. The first-order chi connectivity index (χ1) is 13.5. The van der Waals surface area contributed by atoms with Crippen molar-refractivity contribution >= 4 is 23.6 Å². The maximum Gasteiger partial charge on any atom is 0.233 e. The van der Waals surface area contributed by atoms with Gasteiger partial charge in [0.15, 0.2) is 0 Å². The molecule has 2 atom stereocenters. The van der Waals surface area contributed by atoms with E-state index < -0.39 is 5.41 Å². The number of hydrogen-bond acceptors (Lipinski definition) is 5. The minimum atomic E-state index is -0.447. The number of nitrogens with one attached hydrogen (secondary N) is 1. The largest absolute Gasteiger partial charge is 0.497 e. The fourth-order valence-corrected chi connectivity index (χ4v) is 5.29. The second kappa shape index (κ2) is 9.18. The van der Waals surface area contributed by atoms with Gasteiger partial charge in [-0.2, -0.15) is 0 Å². The van der Waals surface area contributed by atoms with Crippen LogP contribution in [-0.4, -0.2) is 73.7 Å². The number of methoxy groups -OCH3 is 1. The molecule has 2 fully saturated rings. The van der Waals surface area contributed by atoms with Gasteiger partial charge in [0.2, 0.25) is 11.8 Å². The summed E-state index contributed by atoms with van der Waals surface area (Å²) in [6.07, 6.45) is 2.56. The fourth-order valence-electron chi connectivity index (χ4n) is 4.46. The van der Waals surface area contributed by atoms with Crippen LogP contribution >= 0.6 is 11.8 Å². The molecule has 1 aromatic rings. The molecule has 6 nitrogen and oxygen atoms in total. The number of rotatable bonds is 6. The summed E-state index contributed by atoms with van der Waals surface area (Å²) in [4.78, 5) is 31.4. The normalized spacial score (nSPS) is 25.1. The number of amides is 2. The lowest BCUT2D eigenvalue weighted by atomic mass is 9.67. The summed E-state index contributed by atoms with van der Waals surface area (Å²) in [5, 5.41) is 3.04. The van der Waals surface area contributed by atoms with Crippen LogP contribution in [0.15, 0.2) is 29.2 Å². The van der Waals surface area contributed by atoms with Crippen LogP contribution in [0, 0.1) is 5.41 Å². The molecule has 0 unspecified atom stereocenters. The molecular formula is C21H31N3O3S. The Bertz CT molecular complexity index is 714. The van der Waals surface area contributed by atoms with Crippen LogP contribution in [0.1, 0.15) is 26.2 Å². The van der Waals surface area contributed by atoms with Gasteiger partial charge in [0.05, 0.1) is 24.3 Å². The Kier molecular flexibility index (Phi) is 6.88. The van der Waals surface area contributed by atoms with Crippen LogP contribution in [0.3, 0.4) is 0 Å². The molecule has 2 aliphatic rings. The second-order valence-electron chi connectivity index (χ2n) is 7.70. The molecule has 3 rings (SSSR count). The number of carbonyl (C=O) groups is 2. The predicted octanol–water partition coefficient (Wildman–Crippen LogP) is 2.24. The molecule has 0 spiro atoms. The van der Waals surface area contributed by atoms with Crippen LogP contribution in [0.2, 0.25) is 0 Å². The van der Waals surface area contributed by atoms with Crippen molar-refractivity contribution in [1.29, 1.82) is 0 Å². The average molecular weight is 406 g/mol. The van der Waals surface area contributed by atoms with Gasteiger partial charge in [0, 0.05) is 24.5 Å². The van der Waals surface area contributed by atoms with Gasteiger partial charge in [-0.1, -0.05) is 6.07 Å². The Morgan fingerprint density at radius 1 is 1.32 bits per heavy atom. The van der Waals surface area contributed by atoms with Gasteiger partial charge >= 0.3 is 0 Å². The number of benzene rings is 1. The highest BCUT2D eigenvalue weighted by molar-refractivity contribution is 8.00. The molecule has 2 heterocycles. The number of fused-ring (bicyclic) bond motifs is 1. The molecule has 2 amide bonds. The summed E-state index contributed by atoms with van der Waals surface area (Å²) >= 11 is 1.52. The predicted molar refractivity (Wildman–Crippen MR) is 112 cm³/mol. The van der Waals surface area contributed by atoms with Crippen LogP contribution in [0.25, 0.3) is 0 Å². The van der Waals surface area contributed by atoms with E-state index in [1.54, 1.807) is 7.11 Å². The van der Waals surface area contributed by atoms with E-state index in [2.05, 4.69) is 17.3 Å². The summed E-state index contributed by atoms with van der Waals surface area (Å²) in [7, 11) is 3.72. The number of hydrogen-bond donors (Lipinski definition) is 1. The highest BCUT2D eigenvalue weighted by Crippen LogP contribution is 2.43. The zero-order chi connectivity index (χ0) is 20.1. The average Bonchev–Trinajstić information content (AvgIpc) is 2.71. The summed E-state index contributed by atoms with van der Waals surface area (Å²) in [6.45, 7) is 4.97. The molecule has 0 bridgehead atoms. The maximum atomic E-state index is 13.1. The Hall–Kier alpha value is -1.73. The SMILES string of the molecule is CCNC(=O)[C@@]12CCCN(C(=O)CSc3cccc(OC)c3)[C@@H]1CN(C)CC2. The van der Waals surface area contributed by atoms with Crippen molar-refractivity contribution in [3.8, 4) is 5.75 Å². The second-order valence-corrected chi connectivity index (χ2v) is 8.75. The molecule has 2 aliphatic heterocycles. The molecular weight excluding hydrogens is 374 g/mol. The van der Waals surface area contributed by atoms with Crippen molar-refractivity contribution in [2.45, 2.75) is 37.1 Å². The highest BCUT2D eigenvalue weighted by atomic mass is 32.2. The third-order valence-electron chi connectivity index (χ3n) is 5.97. The van der Waals surface area contributed by atoms with E-state index in [1.165, 1.54) is 11.8 Å². The Balaban J connectivity index is 1.74. The first kappa shape index (κ1) is 21.0. The van der Waals surface area contributed by atoms with Crippen molar-refractivity contribution in [3.05, 3.63) is 24.3 Å². The number of likely N-dealkylation sites (tertiary alicyclic amines) is 2. The third kappa shape index (κ3) is 4.30. The van der Waals surface area contributed by atoms with Crippen molar-refractivity contribution in [1.82, 2.24) is 15.1 Å². The van der Waals surface area contributed by atoms with E-state index in [4.69, 9.17) is 4.74 Å². The standard InChI is InChI=1S/C21H31N3O3S/c1-4-22-20(26)21-9-6-11-24(18(21)14-23(2)12-10-21)19(25)15-28-17-8-5-7-16(13-17)27-3/h5,7-8,13,18H,4,6,9-12,14-15H2,1-3H3,(H,22,26)/t18-,21-/m1/s1. The van der Waals surface area contributed by atoms with E-state index in [0.29, 0.717) is 12.3 Å². The Morgan fingerprint density at radius 3 is 2.89 bits per heavy atom. The molecule has 1 N–H and O–H groups in total. The molecule has 7 heteroatoms. The molecule has 0 aromatic heterocycles. The third-order valence-corrected chi connectivity index (χ3v) is 6.95. The number of nitrogens with zero attached hydrogens (tertiary/aromatic N) is 2. The lowest BCUT2D eigenvalue weighted by molar-refractivity contribution is -0.152. The van der Waals surface area contributed by atoms with Crippen LogP contribution < -0.4 is 10.1 Å². The topological polar surface area (TPSA) is 61.9 Å². The molecule has 0 aliphatic carbocycles. The van der Waals surface area contributed by atoms with Gasteiger partial charge in [-0.15, -0.1) is 11.8 Å². The van der Waals surface area contributed by atoms with Gasteiger partial charge in [0.25, 0.3) is 0 Å². The van der Waals surface area contributed by atoms with E-state index in [9.17, 15) is 9.59 Å². The highest BCUT2D eigenvalue weighted by Gasteiger charge is 2.53. The molecule has 154 valence electrons. The number of carbonyl (C=O) groups excluding carboxylic acids is 2.